The first-order chi connectivity index (χ1) is 10.1. The number of methoxy groups -OCH3 is 3. The number of amides is 1. The van der Waals surface area contributed by atoms with Crippen molar-refractivity contribution < 1.29 is 19.0 Å². The van der Waals surface area contributed by atoms with Crippen LogP contribution in [0.25, 0.3) is 0 Å². The van der Waals surface area contributed by atoms with Gasteiger partial charge in [0.05, 0.1) is 26.9 Å². The lowest BCUT2D eigenvalue weighted by atomic mass is 9.76. The second-order valence-corrected chi connectivity index (χ2v) is 5.21. The lowest BCUT2D eigenvalue weighted by Gasteiger charge is -2.41. The minimum Gasteiger partial charge on any atom is -0.493 e. The molecule has 0 bridgehead atoms. The predicted octanol–water partition coefficient (Wildman–Crippen LogP) is 1.32. The Balaban J connectivity index is 2.28. The number of carbonyl (C=O) groups excluding carboxylic acids is 1. The molecule has 0 saturated heterocycles. The molecule has 0 aliphatic heterocycles. The Morgan fingerprint density at radius 2 is 1.76 bits per heavy atom. The molecule has 0 radical (unpaired) electrons. The maximum Gasteiger partial charge on any atom is 0.252 e. The zero-order valence-corrected chi connectivity index (χ0v) is 12.7. The van der Waals surface area contributed by atoms with Gasteiger partial charge < -0.3 is 25.3 Å². The predicted molar refractivity (Wildman–Crippen MR) is 79.2 cm³/mol. The Hall–Kier alpha value is -1.95. The molecule has 1 aromatic rings. The number of carbonyl (C=O) groups is 1. The van der Waals surface area contributed by atoms with Gasteiger partial charge in [0.15, 0.2) is 11.5 Å². The third-order valence-corrected chi connectivity index (χ3v) is 4.01. The van der Waals surface area contributed by atoms with E-state index in [1.165, 1.54) is 21.3 Å². The molecule has 0 spiro atoms. The molecule has 1 aliphatic rings. The molecule has 0 atom stereocenters. The fourth-order valence-electron chi connectivity index (χ4n) is 2.51. The molecule has 1 saturated carbocycles. The number of benzene rings is 1. The van der Waals surface area contributed by atoms with E-state index in [1.54, 1.807) is 12.1 Å². The lowest BCUT2D eigenvalue weighted by molar-refractivity contribution is 0.0836. The fourth-order valence-corrected chi connectivity index (χ4v) is 2.51. The Kier molecular flexibility index (Phi) is 4.57. The van der Waals surface area contributed by atoms with Crippen molar-refractivity contribution in [2.75, 3.05) is 27.9 Å². The second kappa shape index (κ2) is 6.22. The maximum atomic E-state index is 12.4. The van der Waals surface area contributed by atoms with Crippen LogP contribution in [0.15, 0.2) is 12.1 Å². The summed E-state index contributed by atoms with van der Waals surface area (Å²) in [5, 5.41) is 3.02. The van der Waals surface area contributed by atoms with Crippen molar-refractivity contribution in [2.24, 2.45) is 5.73 Å². The van der Waals surface area contributed by atoms with Crippen molar-refractivity contribution in [1.29, 1.82) is 0 Å². The summed E-state index contributed by atoms with van der Waals surface area (Å²) in [5.41, 5.74) is 5.96. The van der Waals surface area contributed by atoms with Gasteiger partial charge in [0, 0.05) is 12.1 Å². The number of nitrogens with one attached hydrogen (secondary N) is 1. The quantitative estimate of drug-likeness (QED) is 0.827. The Morgan fingerprint density at radius 3 is 2.10 bits per heavy atom. The summed E-state index contributed by atoms with van der Waals surface area (Å²) < 4.78 is 15.8. The van der Waals surface area contributed by atoms with Gasteiger partial charge in [0.2, 0.25) is 5.75 Å². The summed E-state index contributed by atoms with van der Waals surface area (Å²) in [6, 6.07) is 3.28. The van der Waals surface area contributed by atoms with Crippen LogP contribution >= 0.6 is 0 Å². The van der Waals surface area contributed by atoms with E-state index in [4.69, 9.17) is 19.9 Å². The number of hydrogen-bond acceptors (Lipinski definition) is 5. The number of nitrogens with two attached hydrogens (primary N) is 1. The highest BCUT2D eigenvalue weighted by atomic mass is 16.5. The van der Waals surface area contributed by atoms with Gasteiger partial charge in [-0.1, -0.05) is 0 Å². The number of hydrogen-bond donors (Lipinski definition) is 2. The van der Waals surface area contributed by atoms with Crippen LogP contribution in [0.4, 0.5) is 0 Å². The van der Waals surface area contributed by atoms with Gasteiger partial charge in [-0.05, 0) is 31.4 Å². The molecule has 1 amide bonds. The standard InChI is InChI=1S/C15H22N2O4/c1-19-11-7-10(8-12(20-2)13(11)21-3)14(18)17-15(9-16)5-4-6-15/h7-8H,4-6,9,16H2,1-3H3,(H,17,18). The van der Waals surface area contributed by atoms with E-state index in [0.29, 0.717) is 29.4 Å². The maximum absolute atomic E-state index is 12.4. The van der Waals surface area contributed by atoms with Crippen molar-refractivity contribution in [1.82, 2.24) is 5.32 Å². The molecule has 1 fully saturated rings. The average molecular weight is 294 g/mol. The summed E-state index contributed by atoms with van der Waals surface area (Å²) in [6.07, 6.45) is 2.92. The van der Waals surface area contributed by atoms with Crippen LogP contribution in [0.5, 0.6) is 17.2 Å². The summed E-state index contributed by atoms with van der Waals surface area (Å²) >= 11 is 0. The van der Waals surface area contributed by atoms with Gasteiger partial charge in [-0.15, -0.1) is 0 Å². The van der Waals surface area contributed by atoms with E-state index in [2.05, 4.69) is 5.32 Å². The van der Waals surface area contributed by atoms with Crippen LogP contribution in [0.2, 0.25) is 0 Å². The average Bonchev–Trinajstić information content (AvgIpc) is 2.48. The first-order valence-corrected chi connectivity index (χ1v) is 6.91. The van der Waals surface area contributed by atoms with Crippen molar-refractivity contribution in [3.05, 3.63) is 17.7 Å². The van der Waals surface area contributed by atoms with E-state index >= 15 is 0 Å². The monoisotopic (exact) mass is 294 g/mol. The van der Waals surface area contributed by atoms with E-state index in [-0.39, 0.29) is 11.4 Å². The van der Waals surface area contributed by atoms with Crippen molar-refractivity contribution in [3.63, 3.8) is 0 Å². The molecule has 1 aliphatic carbocycles. The second-order valence-electron chi connectivity index (χ2n) is 5.21. The topological polar surface area (TPSA) is 82.8 Å². The van der Waals surface area contributed by atoms with Crippen LogP contribution < -0.4 is 25.3 Å². The van der Waals surface area contributed by atoms with Crippen LogP contribution in [-0.4, -0.2) is 39.3 Å². The van der Waals surface area contributed by atoms with Gasteiger partial charge in [-0.3, -0.25) is 4.79 Å². The summed E-state index contributed by atoms with van der Waals surface area (Å²) in [7, 11) is 4.57. The molecule has 116 valence electrons. The minimum atomic E-state index is -0.266. The van der Waals surface area contributed by atoms with Crippen LogP contribution in [-0.2, 0) is 0 Å². The summed E-state index contributed by atoms with van der Waals surface area (Å²) in [4.78, 5) is 12.4. The molecule has 6 heteroatoms. The van der Waals surface area contributed by atoms with E-state index in [9.17, 15) is 4.79 Å². The minimum absolute atomic E-state index is 0.181. The van der Waals surface area contributed by atoms with Crippen molar-refractivity contribution >= 4 is 5.91 Å². The third-order valence-electron chi connectivity index (χ3n) is 4.01. The molecular formula is C15H22N2O4. The van der Waals surface area contributed by atoms with Crippen molar-refractivity contribution in [3.8, 4) is 17.2 Å². The van der Waals surface area contributed by atoms with Gasteiger partial charge in [0.25, 0.3) is 5.91 Å². The van der Waals surface area contributed by atoms with Gasteiger partial charge in [-0.25, -0.2) is 0 Å². The molecule has 2 rings (SSSR count). The highest BCUT2D eigenvalue weighted by Crippen LogP contribution is 2.38. The van der Waals surface area contributed by atoms with Crippen LogP contribution in [0.3, 0.4) is 0 Å². The first kappa shape index (κ1) is 15.4. The molecule has 0 aromatic heterocycles. The SMILES string of the molecule is COc1cc(C(=O)NC2(CN)CCC2)cc(OC)c1OC. The molecule has 0 heterocycles. The molecule has 3 N–H and O–H groups in total. The van der Waals surface area contributed by atoms with Crippen LogP contribution in [0, 0.1) is 0 Å². The normalized spacial score (nSPS) is 15.8. The van der Waals surface area contributed by atoms with Gasteiger partial charge in [0.1, 0.15) is 0 Å². The molecule has 21 heavy (non-hydrogen) atoms. The van der Waals surface area contributed by atoms with Crippen molar-refractivity contribution in [2.45, 2.75) is 24.8 Å². The summed E-state index contributed by atoms with van der Waals surface area (Å²) in [5.74, 6) is 1.20. The van der Waals surface area contributed by atoms with Crippen LogP contribution in [0.1, 0.15) is 29.6 Å². The van der Waals surface area contributed by atoms with E-state index in [1.807, 2.05) is 0 Å². The third kappa shape index (κ3) is 2.90. The summed E-state index contributed by atoms with van der Waals surface area (Å²) in [6.45, 7) is 0.448. The smallest absolute Gasteiger partial charge is 0.252 e. The Bertz CT molecular complexity index is 496. The Labute approximate surface area is 124 Å². The zero-order chi connectivity index (χ0) is 15.5. The number of ether oxygens (including phenoxy) is 3. The van der Waals surface area contributed by atoms with Gasteiger partial charge >= 0.3 is 0 Å². The van der Waals surface area contributed by atoms with E-state index < -0.39 is 0 Å². The molecular weight excluding hydrogens is 272 g/mol. The fraction of sp³-hybridized carbons (Fsp3) is 0.533. The molecule has 0 unspecified atom stereocenters. The highest BCUT2D eigenvalue weighted by molar-refractivity contribution is 5.96. The van der Waals surface area contributed by atoms with E-state index in [0.717, 1.165) is 19.3 Å². The highest BCUT2D eigenvalue weighted by Gasteiger charge is 2.37. The molecule has 6 nitrogen and oxygen atoms in total. The lowest BCUT2D eigenvalue weighted by Crippen LogP contribution is -2.58. The zero-order valence-electron chi connectivity index (χ0n) is 12.7. The Morgan fingerprint density at radius 1 is 1.19 bits per heavy atom. The first-order valence-electron chi connectivity index (χ1n) is 6.91. The largest absolute Gasteiger partial charge is 0.493 e. The van der Waals surface area contributed by atoms with Gasteiger partial charge in [-0.2, -0.15) is 0 Å². The molecule has 1 aromatic carbocycles. The number of rotatable bonds is 6.